The standard InChI is InChI=1S/C14H20N2O/c1-11-4-5-13(8-12(11)2)10-16-7-3-6-15-9-14(16)17/h4-5,8,15H,3,6-7,9-10H2,1-2H3. The molecule has 2 rings (SSSR count). The van der Waals surface area contributed by atoms with Crippen LogP contribution in [0.15, 0.2) is 18.2 Å². The van der Waals surface area contributed by atoms with Gasteiger partial charge in [0.2, 0.25) is 5.91 Å². The van der Waals surface area contributed by atoms with Crippen LogP contribution in [0.5, 0.6) is 0 Å². The summed E-state index contributed by atoms with van der Waals surface area (Å²) in [7, 11) is 0. The number of amides is 1. The fraction of sp³-hybridized carbons (Fsp3) is 0.500. The summed E-state index contributed by atoms with van der Waals surface area (Å²) < 4.78 is 0. The third-order valence-electron chi connectivity index (χ3n) is 3.36. The van der Waals surface area contributed by atoms with Crippen molar-refractivity contribution in [3.63, 3.8) is 0 Å². The third kappa shape index (κ3) is 3.07. The maximum absolute atomic E-state index is 11.8. The lowest BCUT2D eigenvalue weighted by molar-refractivity contribution is -0.130. The van der Waals surface area contributed by atoms with Gasteiger partial charge in [0.05, 0.1) is 6.54 Å². The highest BCUT2D eigenvalue weighted by molar-refractivity contribution is 5.78. The summed E-state index contributed by atoms with van der Waals surface area (Å²) in [5.41, 5.74) is 3.82. The van der Waals surface area contributed by atoms with Crippen molar-refractivity contribution in [2.45, 2.75) is 26.8 Å². The van der Waals surface area contributed by atoms with Gasteiger partial charge in [-0.3, -0.25) is 4.79 Å². The molecular weight excluding hydrogens is 212 g/mol. The van der Waals surface area contributed by atoms with E-state index >= 15 is 0 Å². The molecule has 0 aliphatic carbocycles. The normalized spacial score (nSPS) is 17.1. The third-order valence-corrected chi connectivity index (χ3v) is 3.36. The monoisotopic (exact) mass is 232 g/mol. The molecule has 1 saturated heterocycles. The zero-order chi connectivity index (χ0) is 12.3. The van der Waals surface area contributed by atoms with Crippen molar-refractivity contribution in [2.24, 2.45) is 0 Å². The Morgan fingerprint density at radius 1 is 1.29 bits per heavy atom. The van der Waals surface area contributed by atoms with Gasteiger partial charge in [0.15, 0.2) is 0 Å². The van der Waals surface area contributed by atoms with Crippen LogP contribution in [0.25, 0.3) is 0 Å². The van der Waals surface area contributed by atoms with E-state index in [4.69, 9.17) is 0 Å². The first-order valence-corrected chi connectivity index (χ1v) is 6.21. The molecule has 1 fully saturated rings. The number of benzene rings is 1. The van der Waals surface area contributed by atoms with Crippen LogP contribution in [-0.2, 0) is 11.3 Å². The van der Waals surface area contributed by atoms with Crippen LogP contribution >= 0.6 is 0 Å². The Morgan fingerprint density at radius 3 is 2.88 bits per heavy atom. The fourth-order valence-electron chi connectivity index (χ4n) is 2.12. The number of hydrogen-bond acceptors (Lipinski definition) is 2. The van der Waals surface area contributed by atoms with Crippen molar-refractivity contribution < 1.29 is 4.79 Å². The van der Waals surface area contributed by atoms with E-state index in [1.165, 1.54) is 16.7 Å². The van der Waals surface area contributed by atoms with Crippen molar-refractivity contribution in [3.05, 3.63) is 34.9 Å². The molecule has 1 amide bonds. The van der Waals surface area contributed by atoms with E-state index in [2.05, 4.69) is 37.4 Å². The lowest BCUT2D eigenvalue weighted by atomic mass is 10.1. The zero-order valence-electron chi connectivity index (χ0n) is 10.6. The second-order valence-corrected chi connectivity index (χ2v) is 4.76. The molecule has 3 nitrogen and oxygen atoms in total. The van der Waals surface area contributed by atoms with E-state index in [1.807, 2.05) is 4.90 Å². The molecule has 0 unspecified atom stereocenters. The molecule has 1 aromatic carbocycles. The predicted molar refractivity (Wildman–Crippen MR) is 68.8 cm³/mol. The zero-order valence-corrected chi connectivity index (χ0v) is 10.6. The number of hydrogen-bond donors (Lipinski definition) is 1. The molecule has 3 heteroatoms. The van der Waals surface area contributed by atoms with Crippen LogP contribution in [0.3, 0.4) is 0 Å². The van der Waals surface area contributed by atoms with Gasteiger partial charge in [0, 0.05) is 13.1 Å². The highest BCUT2D eigenvalue weighted by Crippen LogP contribution is 2.12. The summed E-state index contributed by atoms with van der Waals surface area (Å²) in [4.78, 5) is 13.8. The Morgan fingerprint density at radius 2 is 2.12 bits per heavy atom. The lowest BCUT2D eigenvalue weighted by Crippen LogP contribution is -2.34. The Bertz CT molecular complexity index is 415. The summed E-state index contributed by atoms with van der Waals surface area (Å²) in [5, 5.41) is 3.14. The molecule has 1 aliphatic rings. The number of carbonyl (C=O) groups is 1. The molecule has 1 N–H and O–H groups in total. The maximum Gasteiger partial charge on any atom is 0.236 e. The quantitative estimate of drug-likeness (QED) is 0.840. The number of rotatable bonds is 2. The Kier molecular flexibility index (Phi) is 3.79. The fourth-order valence-corrected chi connectivity index (χ4v) is 2.12. The Labute approximate surface area is 103 Å². The number of carbonyl (C=O) groups excluding carboxylic acids is 1. The minimum absolute atomic E-state index is 0.209. The summed E-state index contributed by atoms with van der Waals surface area (Å²) in [6.45, 7) is 7.24. The van der Waals surface area contributed by atoms with Gasteiger partial charge in [-0.15, -0.1) is 0 Å². The molecule has 0 radical (unpaired) electrons. The van der Waals surface area contributed by atoms with Gasteiger partial charge in [-0.2, -0.15) is 0 Å². The number of nitrogens with zero attached hydrogens (tertiary/aromatic N) is 1. The molecule has 92 valence electrons. The first-order chi connectivity index (χ1) is 8.16. The van der Waals surface area contributed by atoms with E-state index in [9.17, 15) is 4.79 Å². The highest BCUT2D eigenvalue weighted by Gasteiger charge is 2.16. The minimum atomic E-state index is 0.209. The second-order valence-electron chi connectivity index (χ2n) is 4.76. The molecular formula is C14H20N2O. The molecule has 0 spiro atoms. The summed E-state index contributed by atoms with van der Waals surface area (Å²) >= 11 is 0. The first-order valence-electron chi connectivity index (χ1n) is 6.21. The summed E-state index contributed by atoms with van der Waals surface area (Å²) in [6, 6.07) is 6.43. The van der Waals surface area contributed by atoms with Gasteiger partial charge >= 0.3 is 0 Å². The summed E-state index contributed by atoms with van der Waals surface area (Å²) in [6.07, 6.45) is 1.04. The van der Waals surface area contributed by atoms with Gasteiger partial charge in [0.1, 0.15) is 0 Å². The Balaban J connectivity index is 2.08. The van der Waals surface area contributed by atoms with Crippen LogP contribution in [-0.4, -0.2) is 30.4 Å². The number of nitrogens with one attached hydrogen (secondary N) is 1. The van der Waals surface area contributed by atoms with Crippen LogP contribution in [0.1, 0.15) is 23.1 Å². The van der Waals surface area contributed by atoms with E-state index in [1.54, 1.807) is 0 Å². The van der Waals surface area contributed by atoms with E-state index in [-0.39, 0.29) is 5.91 Å². The van der Waals surface area contributed by atoms with Crippen LogP contribution in [0.4, 0.5) is 0 Å². The van der Waals surface area contributed by atoms with Crippen LogP contribution in [0, 0.1) is 13.8 Å². The largest absolute Gasteiger partial charge is 0.337 e. The Hall–Kier alpha value is -1.35. The maximum atomic E-state index is 11.8. The topological polar surface area (TPSA) is 32.3 Å². The SMILES string of the molecule is Cc1ccc(CN2CCCNCC2=O)cc1C. The molecule has 17 heavy (non-hydrogen) atoms. The van der Waals surface area contributed by atoms with E-state index in [0.29, 0.717) is 6.54 Å². The van der Waals surface area contributed by atoms with Crippen molar-refractivity contribution in [1.29, 1.82) is 0 Å². The molecule has 1 aromatic rings. The number of aryl methyl sites for hydroxylation is 2. The van der Waals surface area contributed by atoms with Gasteiger partial charge in [-0.1, -0.05) is 18.2 Å². The van der Waals surface area contributed by atoms with Gasteiger partial charge in [-0.25, -0.2) is 0 Å². The average Bonchev–Trinajstić information content (AvgIpc) is 2.50. The van der Waals surface area contributed by atoms with Gasteiger partial charge in [-0.05, 0) is 43.5 Å². The molecule has 0 aromatic heterocycles. The van der Waals surface area contributed by atoms with Crippen molar-refractivity contribution in [3.8, 4) is 0 Å². The van der Waals surface area contributed by atoms with Crippen molar-refractivity contribution in [2.75, 3.05) is 19.6 Å². The van der Waals surface area contributed by atoms with Crippen molar-refractivity contribution >= 4 is 5.91 Å². The van der Waals surface area contributed by atoms with Gasteiger partial charge in [0.25, 0.3) is 0 Å². The molecule has 0 atom stereocenters. The van der Waals surface area contributed by atoms with Crippen molar-refractivity contribution in [1.82, 2.24) is 10.2 Å². The molecule has 1 heterocycles. The smallest absolute Gasteiger partial charge is 0.236 e. The lowest BCUT2D eigenvalue weighted by Gasteiger charge is -2.20. The first kappa shape index (κ1) is 12.1. The second kappa shape index (κ2) is 5.32. The highest BCUT2D eigenvalue weighted by atomic mass is 16.2. The average molecular weight is 232 g/mol. The predicted octanol–water partition coefficient (Wildman–Crippen LogP) is 1.63. The molecule has 0 saturated carbocycles. The van der Waals surface area contributed by atoms with Crippen LogP contribution in [0.2, 0.25) is 0 Å². The molecule has 1 aliphatic heterocycles. The van der Waals surface area contributed by atoms with Gasteiger partial charge < -0.3 is 10.2 Å². The van der Waals surface area contributed by atoms with E-state index in [0.717, 1.165) is 26.1 Å². The van der Waals surface area contributed by atoms with Crippen LogP contribution < -0.4 is 5.32 Å². The molecule has 0 bridgehead atoms. The summed E-state index contributed by atoms with van der Waals surface area (Å²) in [5.74, 6) is 0.209. The minimum Gasteiger partial charge on any atom is -0.337 e. The van der Waals surface area contributed by atoms with E-state index < -0.39 is 0 Å².